The molecule has 166 valence electrons. The molecular formula is C26H22N2O4S. The van der Waals surface area contributed by atoms with Gasteiger partial charge in [-0.3, -0.25) is 4.79 Å². The van der Waals surface area contributed by atoms with Crippen molar-refractivity contribution in [3.8, 4) is 28.5 Å². The monoisotopic (exact) mass is 458 g/mol. The summed E-state index contributed by atoms with van der Waals surface area (Å²) in [6.07, 6.45) is -0.823. The Balaban J connectivity index is 1.53. The van der Waals surface area contributed by atoms with Crippen LogP contribution >= 0.6 is 11.3 Å². The minimum absolute atomic E-state index is 0.109. The lowest BCUT2D eigenvalue weighted by molar-refractivity contribution is -0.126. The van der Waals surface area contributed by atoms with Crippen LogP contribution in [-0.4, -0.2) is 30.7 Å². The number of methoxy groups -OCH3 is 1. The van der Waals surface area contributed by atoms with Gasteiger partial charge in [0.1, 0.15) is 12.4 Å². The maximum absolute atomic E-state index is 13.8. The van der Waals surface area contributed by atoms with E-state index < -0.39 is 6.10 Å². The molecule has 5 rings (SSSR count). The number of thiazole rings is 1. The van der Waals surface area contributed by atoms with E-state index >= 15 is 0 Å². The molecule has 2 heterocycles. The van der Waals surface area contributed by atoms with E-state index in [-0.39, 0.29) is 12.5 Å². The number of aromatic nitrogens is 1. The van der Waals surface area contributed by atoms with E-state index in [0.717, 1.165) is 11.3 Å². The molecule has 0 radical (unpaired) electrons. The molecule has 33 heavy (non-hydrogen) atoms. The molecule has 1 aromatic heterocycles. The zero-order chi connectivity index (χ0) is 22.8. The number of hydrogen-bond donors (Lipinski definition) is 0. The third kappa shape index (κ3) is 4.15. The van der Waals surface area contributed by atoms with E-state index in [4.69, 9.17) is 19.2 Å². The molecule has 0 aliphatic carbocycles. The van der Waals surface area contributed by atoms with Crippen LogP contribution in [0.25, 0.3) is 11.3 Å². The number of aryl methyl sites for hydroxylation is 1. The summed E-state index contributed by atoms with van der Waals surface area (Å²) >= 11 is 1.39. The minimum atomic E-state index is -0.823. The number of amides is 1. The third-order valence-corrected chi connectivity index (χ3v) is 6.19. The van der Waals surface area contributed by atoms with Gasteiger partial charge in [0.2, 0.25) is 6.10 Å². The Bertz CT molecular complexity index is 1290. The molecule has 1 atom stereocenters. The molecular weight excluding hydrogens is 436 g/mol. The molecule has 0 saturated heterocycles. The molecule has 1 amide bonds. The van der Waals surface area contributed by atoms with Gasteiger partial charge in [-0.2, -0.15) is 0 Å². The molecule has 6 nitrogen and oxygen atoms in total. The fourth-order valence-corrected chi connectivity index (χ4v) is 4.49. The lowest BCUT2D eigenvalue weighted by atomic mass is 10.1. The van der Waals surface area contributed by atoms with Crippen molar-refractivity contribution < 1.29 is 19.0 Å². The van der Waals surface area contributed by atoms with Crippen LogP contribution < -0.4 is 19.1 Å². The van der Waals surface area contributed by atoms with E-state index in [0.29, 0.717) is 28.1 Å². The van der Waals surface area contributed by atoms with Gasteiger partial charge in [-0.25, -0.2) is 9.88 Å². The topological polar surface area (TPSA) is 60.9 Å². The van der Waals surface area contributed by atoms with Crippen LogP contribution in [0.2, 0.25) is 0 Å². The van der Waals surface area contributed by atoms with Gasteiger partial charge in [-0.1, -0.05) is 54.1 Å². The summed E-state index contributed by atoms with van der Waals surface area (Å²) in [7, 11) is 1.58. The van der Waals surface area contributed by atoms with E-state index in [1.807, 2.05) is 79.0 Å². The first kappa shape index (κ1) is 21.0. The molecule has 1 aliphatic heterocycles. The lowest BCUT2D eigenvalue weighted by Crippen LogP contribution is -2.44. The molecule has 0 unspecified atom stereocenters. The van der Waals surface area contributed by atoms with Crippen molar-refractivity contribution in [3.05, 3.63) is 83.7 Å². The highest BCUT2D eigenvalue weighted by Gasteiger charge is 2.35. The SMILES string of the molecule is COc1ccccc1N(C(=O)[C@@H]1COc2ccccc2O1)c1nc(-c2ccc(C)cc2)cs1. The van der Waals surface area contributed by atoms with Crippen molar-refractivity contribution in [2.75, 3.05) is 18.6 Å². The molecule has 4 aromatic rings. The zero-order valence-corrected chi connectivity index (χ0v) is 19.0. The van der Waals surface area contributed by atoms with Crippen LogP contribution in [0.4, 0.5) is 10.8 Å². The number of carbonyl (C=O) groups excluding carboxylic acids is 1. The lowest BCUT2D eigenvalue weighted by Gasteiger charge is -2.30. The second kappa shape index (κ2) is 8.96. The second-order valence-electron chi connectivity index (χ2n) is 7.59. The van der Waals surface area contributed by atoms with Gasteiger partial charge in [0.05, 0.1) is 18.5 Å². The summed E-state index contributed by atoms with van der Waals surface area (Å²) in [5, 5.41) is 2.48. The average Bonchev–Trinajstić information content (AvgIpc) is 3.34. The van der Waals surface area contributed by atoms with Crippen LogP contribution in [0.1, 0.15) is 5.56 Å². The molecule has 7 heteroatoms. The van der Waals surface area contributed by atoms with Crippen LogP contribution in [0, 0.1) is 6.92 Å². The second-order valence-corrected chi connectivity index (χ2v) is 8.43. The summed E-state index contributed by atoms with van der Waals surface area (Å²) in [6, 6.07) is 22.8. The molecule has 0 spiro atoms. The third-order valence-electron chi connectivity index (χ3n) is 5.36. The van der Waals surface area contributed by atoms with Crippen molar-refractivity contribution in [1.82, 2.24) is 4.98 Å². The maximum Gasteiger partial charge on any atom is 0.278 e. The van der Waals surface area contributed by atoms with Crippen molar-refractivity contribution in [1.29, 1.82) is 0 Å². The Morgan fingerprint density at radius 2 is 1.76 bits per heavy atom. The smallest absolute Gasteiger partial charge is 0.278 e. The van der Waals surface area contributed by atoms with E-state index in [2.05, 4.69) is 0 Å². The van der Waals surface area contributed by atoms with E-state index in [1.165, 1.54) is 16.9 Å². The Kier molecular flexibility index (Phi) is 5.71. The van der Waals surface area contributed by atoms with Gasteiger partial charge in [0, 0.05) is 10.9 Å². The van der Waals surface area contributed by atoms with Crippen molar-refractivity contribution >= 4 is 28.1 Å². The van der Waals surface area contributed by atoms with Gasteiger partial charge < -0.3 is 14.2 Å². The molecule has 1 aliphatic rings. The van der Waals surface area contributed by atoms with Crippen molar-refractivity contribution in [2.45, 2.75) is 13.0 Å². The summed E-state index contributed by atoms with van der Waals surface area (Å²) in [6.45, 7) is 2.15. The van der Waals surface area contributed by atoms with Gasteiger partial charge >= 0.3 is 0 Å². The number of para-hydroxylation sites is 4. The predicted octanol–water partition coefficient (Wildman–Crippen LogP) is 5.63. The number of hydrogen-bond acceptors (Lipinski definition) is 6. The summed E-state index contributed by atoms with van der Waals surface area (Å²) in [5.74, 6) is 1.46. The summed E-state index contributed by atoms with van der Waals surface area (Å²) in [5.41, 5.74) is 3.56. The first-order valence-corrected chi connectivity index (χ1v) is 11.4. The number of benzene rings is 3. The normalized spacial score (nSPS) is 14.5. The van der Waals surface area contributed by atoms with Crippen LogP contribution in [0.3, 0.4) is 0 Å². The first-order chi connectivity index (χ1) is 16.1. The van der Waals surface area contributed by atoms with Crippen molar-refractivity contribution in [2.24, 2.45) is 0 Å². The Morgan fingerprint density at radius 3 is 2.55 bits per heavy atom. The fourth-order valence-electron chi connectivity index (χ4n) is 3.64. The van der Waals surface area contributed by atoms with E-state index in [1.54, 1.807) is 18.1 Å². The Labute approximate surface area is 196 Å². The highest BCUT2D eigenvalue weighted by molar-refractivity contribution is 7.14. The number of ether oxygens (including phenoxy) is 3. The molecule has 0 fully saturated rings. The van der Waals surface area contributed by atoms with Gasteiger partial charge in [-0.15, -0.1) is 11.3 Å². The quantitative estimate of drug-likeness (QED) is 0.388. The number of fused-ring (bicyclic) bond motifs is 1. The van der Waals surface area contributed by atoms with Crippen molar-refractivity contribution in [3.63, 3.8) is 0 Å². The van der Waals surface area contributed by atoms with E-state index in [9.17, 15) is 4.79 Å². The number of carbonyl (C=O) groups is 1. The van der Waals surface area contributed by atoms with Gasteiger partial charge in [-0.05, 0) is 31.2 Å². The predicted molar refractivity (Wildman–Crippen MR) is 129 cm³/mol. The maximum atomic E-state index is 13.8. The van der Waals surface area contributed by atoms with Crippen LogP contribution in [-0.2, 0) is 4.79 Å². The Morgan fingerprint density at radius 1 is 1.03 bits per heavy atom. The average molecular weight is 459 g/mol. The standard InChI is InChI=1S/C26H22N2O4S/c1-17-11-13-18(14-12-17)19-16-33-26(27-19)28(20-7-3-4-8-21(20)30-2)25(29)24-15-31-22-9-5-6-10-23(22)32-24/h3-14,16,24H,15H2,1-2H3/t24-/m0/s1. The molecule has 0 saturated carbocycles. The number of rotatable bonds is 5. The number of anilines is 2. The summed E-state index contributed by atoms with van der Waals surface area (Å²) < 4.78 is 17.4. The minimum Gasteiger partial charge on any atom is -0.495 e. The Hall–Kier alpha value is -3.84. The highest BCUT2D eigenvalue weighted by Crippen LogP contribution is 2.39. The fraction of sp³-hybridized carbons (Fsp3) is 0.154. The van der Waals surface area contributed by atoms with Gasteiger partial charge in [0.15, 0.2) is 16.6 Å². The number of nitrogens with zero attached hydrogens (tertiary/aromatic N) is 2. The largest absolute Gasteiger partial charge is 0.495 e. The van der Waals surface area contributed by atoms with Crippen LogP contribution in [0.5, 0.6) is 17.2 Å². The van der Waals surface area contributed by atoms with Gasteiger partial charge in [0.25, 0.3) is 5.91 Å². The molecule has 0 N–H and O–H groups in total. The molecule has 0 bridgehead atoms. The summed E-state index contributed by atoms with van der Waals surface area (Å²) in [4.78, 5) is 20.2. The molecule has 3 aromatic carbocycles. The van der Waals surface area contributed by atoms with Crippen LogP contribution in [0.15, 0.2) is 78.2 Å². The first-order valence-electron chi connectivity index (χ1n) is 10.5. The highest BCUT2D eigenvalue weighted by atomic mass is 32.1. The zero-order valence-electron chi connectivity index (χ0n) is 18.2.